The quantitative estimate of drug-likeness (QED) is 0.333. The van der Waals surface area contributed by atoms with Gasteiger partial charge in [-0.25, -0.2) is 13.1 Å². The van der Waals surface area contributed by atoms with Crippen LogP contribution < -0.4 is 4.72 Å². The summed E-state index contributed by atoms with van der Waals surface area (Å²) in [5, 5.41) is 0.984. The van der Waals surface area contributed by atoms with Crippen molar-refractivity contribution in [3.05, 3.63) is 65.8 Å². The summed E-state index contributed by atoms with van der Waals surface area (Å²) in [5.41, 5.74) is 0.500. The molecular formula is C24H29ClN4O2S2. The van der Waals surface area contributed by atoms with E-state index in [0.717, 1.165) is 38.5 Å². The Morgan fingerprint density at radius 2 is 1.67 bits per heavy atom. The molecule has 6 nitrogen and oxygen atoms in total. The van der Waals surface area contributed by atoms with Gasteiger partial charge in [0.15, 0.2) is 0 Å². The topological polar surface area (TPSA) is 65.5 Å². The van der Waals surface area contributed by atoms with Crippen LogP contribution in [0.5, 0.6) is 0 Å². The number of fused-ring (bicyclic) bond motifs is 1. The molecule has 0 radical (unpaired) electrons. The Balaban J connectivity index is 1.19. The molecule has 3 aromatic rings. The van der Waals surface area contributed by atoms with Crippen molar-refractivity contribution < 1.29 is 8.42 Å². The van der Waals surface area contributed by atoms with Gasteiger partial charge in [-0.3, -0.25) is 9.88 Å². The minimum absolute atomic E-state index is 0.216. The zero-order valence-corrected chi connectivity index (χ0v) is 20.9. The molecule has 0 atom stereocenters. The van der Waals surface area contributed by atoms with Crippen LogP contribution in [0.2, 0.25) is 5.02 Å². The number of benzene rings is 2. The normalized spacial score (nSPS) is 15.8. The first-order valence-electron chi connectivity index (χ1n) is 11.2. The molecule has 1 aliphatic rings. The summed E-state index contributed by atoms with van der Waals surface area (Å²) in [4.78, 5) is 10.6. The number of hydrogen-bond donors (Lipinski definition) is 1. The first-order chi connectivity index (χ1) is 16.0. The van der Waals surface area contributed by atoms with Gasteiger partial charge in [0.1, 0.15) is 0 Å². The van der Waals surface area contributed by atoms with Gasteiger partial charge in [0, 0.05) is 55.7 Å². The van der Waals surface area contributed by atoms with Gasteiger partial charge in [-0.15, -0.1) is 11.8 Å². The minimum Gasteiger partial charge on any atom is -0.301 e. The number of aromatic nitrogens is 1. The molecule has 0 unspecified atom stereocenters. The lowest BCUT2D eigenvalue weighted by Gasteiger charge is -2.34. The third-order valence-corrected chi connectivity index (χ3v) is 8.71. The molecule has 4 rings (SSSR count). The van der Waals surface area contributed by atoms with Gasteiger partial charge in [0.25, 0.3) is 0 Å². The molecule has 1 fully saturated rings. The zero-order chi connectivity index (χ0) is 23.1. The number of rotatable bonds is 10. The van der Waals surface area contributed by atoms with Crippen molar-refractivity contribution in [2.45, 2.75) is 16.2 Å². The molecule has 1 aromatic heterocycles. The highest BCUT2D eigenvalue weighted by molar-refractivity contribution is 7.99. The van der Waals surface area contributed by atoms with E-state index in [4.69, 9.17) is 11.6 Å². The van der Waals surface area contributed by atoms with Crippen LogP contribution in [0.4, 0.5) is 0 Å². The van der Waals surface area contributed by atoms with E-state index in [0.29, 0.717) is 29.0 Å². The minimum atomic E-state index is -3.64. The number of hydrogen-bond acceptors (Lipinski definition) is 6. The van der Waals surface area contributed by atoms with E-state index in [1.807, 2.05) is 17.8 Å². The predicted octanol–water partition coefficient (Wildman–Crippen LogP) is 3.97. The Bertz CT molecular complexity index is 1150. The first kappa shape index (κ1) is 24.4. The van der Waals surface area contributed by atoms with Crippen LogP contribution in [-0.4, -0.2) is 74.8 Å². The molecule has 33 heavy (non-hydrogen) atoms. The third-order valence-electron chi connectivity index (χ3n) is 5.79. The molecule has 0 bridgehead atoms. The van der Waals surface area contributed by atoms with E-state index in [2.05, 4.69) is 43.8 Å². The van der Waals surface area contributed by atoms with Gasteiger partial charge in [-0.1, -0.05) is 29.8 Å². The van der Waals surface area contributed by atoms with E-state index < -0.39 is 10.0 Å². The molecular weight excluding hydrogens is 476 g/mol. The highest BCUT2D eigenvalue weighted by Gasteiger charge is 2.20. The Morgan fingerprint density at radius 3 is 2.42 bits per heavy atom. The fraction of sp³-hybridized carbons (Fsp3) is 0.375. The van der Waals surface area contributed by atoms with Crippen LogP contribution in [0.3, 0.4) is 0 Å². The Hall–Kier alpha value is -1.68. The molecule has 0 saturated carbocycles. The Labute approximate surface area is 205 Å². The van der Waals surface area contributed by atoms with Crippen molar-refractivity contribution in [3.8, 4) is 0 Å². The lowest BCUT2D eigenvalue weighted by atomic mass is 10.2. The number of sulfonamides is 1. The van der Waals surface area contributed by atoms with Gasteiger partial charge in [0.2, 0.25) is 10.0 Å². The zero-order valence-electron chi connectivity index (χ0n) is 18.5. The molecule has 2 aromatic carbocycles. The Morgan fingerprint density at radius 1 is 0.939 bits per heavy atom. The molecule has 176 valence electrons. The van der Waals surface area contributed by atoms with Crippen molar-refractivity contribution in [2.75, 3.05) is 51.6 Å². The summed E-state index contributed by atoms with van der Waals surface area (Å²) < 4.78 is 28.5. The summed E-state index contributed by atoms with van der Waals surface area (Å²) >= 11 is 8.08. The number of pyridine rings is 1. The van der Waals surface area contributed by atoms with Crippen LogP contribution in [0.1, 0.15) is 6.42 Å². The van der Waals surface area contributed by atoms with Crippen LogP contribution in [0, 0.1) is 0 Å². The van der Waals surface area contributed by atoms with E-state index >= 15 is 0 Å². The maximum atomic E-state index is 12.9. The summed E-state index contributed by atoms with van der Waals surface area (Å²) in [6.45, 7) is 6.15. The van der Waals surface area contributed by atoms with Gasteiger partial charge < -0.3 is 4.90 Å². The predicted molar refractivity (Wildman–Crippen MR) is 137 cm³/mol. The monoisotopic (exact) mass is 504 g/mol. The van der Waals surface area contributed by atoms with Crippen LogP contribution >= 0.6 is 23.4 Å². The number of nitrogens with one attached hydrogen (secondary N) is 1. The van der Waals surface area contributed by atoms with E-state index in [9.17, 15) is 8.42 Å². The summed E-state index contributed by atoms with van der Waals surface area (Å²) in [6, 6.07) is 17.1. The number of nitrogens with zero attached hydrogens (tertiary/aromatic N) is 3. The molecule has 9 heteroatoms. The van der Waals surface area contributed by atoms with Crippen molar-refractivity contribution in [1.29, 1.82) is 0 Å². The average molecular weight is 505 g/mol. The maximum Gasteiger partial charge on any atom is 0.241 e. The highest BCUT2D eigenvalue weighted by Crippen LogP contribution is 2.27. The molecule has 0 aliphatic carbocycles. The fourth-order valence-corrected chi connectivity index (χ4v) is 6.28. The van der Waals surface area contributed by atoms with Gasteiger partial charge in [-0.2, -0.15) is 0 Å². The average Bonchev–Trinajstić information content (AvgIpc) is 2.83. The van der Waals surface area contributed by atoms with E-state index in [1.165, 1.54) is 11.3 Å². The second kappa shape index (κ2) is 11.6. The van der Waals surface area contributed by atoms with Crippen molar-refractivity contribution >= 4 is 44.3 Å². The van der Waals surface area contributed by atoms with E-state index in [-0.39, 0.29) is 4.90 Å². The van der Waals surface area contributed by atoms with E-state index in [1.54, 1.807) is 30.5 Å². The molecule has 0 amide bonds. The standard InChI is InChI=1S/C24H29ClN4O2S2/c25-22-9-10-23(21-8-4-11-26-24(21)22)33(30,31)27-12-14-29-17-15-28(16-18-29)13-5-19-32-20-6-2-1-3-7-20/h1-4,6-11,27H,5,12-19H2. The van der Waals surface area contributed by atoms with Crippen LogP contribution in [-0.2, 0) is 10.0 Å². The maximum absolute atomic E-state index is 12.9. The fourth-order valence-electron chi connectivity index (χ4n) is 3.99. The van der Waals surface area contributed by atoms with Gasteiger partial charge >= 0.3 is 0 Å². The molecule has 1 N–H and O–H groups in total. The molecule has 0 spiro atoms. The lowest BCUT2D eigenvalue weighted by Crippen LogP contribution is -2.48. The SMILES string of the molecule is O=S(=O)(NCCN1CCN(CCCSc2ccccc2)CC1)c1ccc(Cl)c2ncccc12. The van der Waals surface area contributed by atoms with Crippen LogP contribution in [0.15, 0.2) is 70.6 Å². The lowest BCUT2D eigenvalue weighted by molar-refractivity contribution is 0.135. The van der Waals surface area contributed by atoms with Crippen molar-refractivity contribution in [3.63, 3.8) is 0 Å². The van der Waals surface area contributed by atoms with Gasteiger partial charge in [0.05, 0.1) is 15.4 Å². The largest absolute Gasteiger partial charge is 0.301 e. The highest BCUT2D eigenvalue weighted by atomic mass is 35.5. The number of thioether (sulfide) groups is 1. The summed E-state index contributed by atoms with van der Waals surface area (Å²) in [5.74, 6) is 1.13. The second-order valence-electron chi connectivity index (χ2n) is 8.04. The third kappa shape index (κ3) is 6.68. The summed E-state index contributed by atoms with van der Waals surface area (Å²) in [6.07, 6.45) is 2.78. The van der Waals surface area contributed by atoms with Gasteiger partial charge in [-0.05, 0) is 55.1 Å². The summed E-state index contributed by atoms with van der Waals surface area (Å²) in [7, 11) is -3.64. The number of halogens is 1. The smallest absolute Gasteiger partial charge is 0.241 e. The number of piperazine rings is 1. The van der Waals surface area contributed by atoms with Crippen molar-refractivity contribution in [2.24, 2.45) is 0 Å². The van der Waals surface area contributed by atoms with Crippen LogP contribution in [0.25, 0.3) is 10.9 Å². The first-order valence-corrected chi connectivity index (χ1v) is 14.0. The molecule has 2 heterocycles. The molecule has 1 aliphatic heterocycles. The second-order valence-corrected chi connectivity index (χ2v) is 11.4. The molecule has 1 saturated heterocycles. The Kier molecular flexibility index (Phi) is 8.62. The van der Waals surface area contributed by atoms with Crippen molar-refractivity contribution in [1.82, 2.24) is 19.5 Å².